The summed E-state index contributed by atoms with van der Waals surface area (Å²) in [4.78, 5) is 0. The van der Waals surface area contributed by atoms with Gasteiger partial charge in [0.25, 0.3) is 0 Å². The lowest BCUT2D eigenvalue weighted by atomic mass is 10.0. The van der Waals surface area contributed by atoms with E-state index in [-0.39, 0.29) is 18.0 Å². The van der Waals surface area contributed by atoms with Crippen molar-refractivity contribution in [2.75, 3.05) is 6.61 Å². The Morgan fingerprint density at radius 3 is 2.26 bits per heavy atom. The Labute approximate surface area is 170 Å². The van der Waals surface area contributed by atoms with Crippen molar-refractivity contribution in [1.82, 2.24) is 5.32 Å². The second-order valence-electron chi connectivity index (χ2n) is 6.94. The molecule has 0 amide bonds. The molecular formula is C21H26Cl2FNO2. The predicted octanol–water partition coefficient (Wildman–Crippen LogP) is 6.39. The molecule has 0 atom stereocenters. The average molecular weight is 414 g/mol. The Hall–Kier alpha value is -1.49. The number of ether oxygens (including phenoxy) is 2. The van der Waals surface area contributed by atoms with Gasteiger partial charge in [-0.1, -0.05) is 36.2 Å². The van der Waals surface area contributed by atoms with Gasteiger partial charge in [0.1, 0.15) is 12.4 Å². The summed E-state index contributed by atoms with van der Waals surface area (Å²) < 4.78 is 24.8. The first-order chi connectivity index (χ1) is 12.8. The fraction of sp³-hybridized carbons (Fsp3) is 0.429. The maximum atomic E-state index is 13.2. The van der Waals surface area contributed by atoms with E-state index >= 15 is 0 Å². The van der Waals surface area contributed by atoms with Crippen LogP contribution in [0.1, 0.15) is 45.2 Å². The van der Waals surface area contributed by atoms with Crippen LogP contribution in [0.4, 0.5) is 4.39 Å². The van der Waals surface area contributed by atoms with E-state index < -0.39 is 0 Å². The summed E-state index contributed by atoms with van der Waals surface area (Å²) >= 11 is 12.5. The zero-order valence-corrected chi connectivity index (χ0v) is 17.7. The second kappa shape index (κ2) is 9.63. The van der Waals surface area contributed by atoms with Crippen molar-refractivity contribution in [3.63, 3.8) is 0 Å². The molecule has 0 aliphatic heterocycles. The van der Waals surface area contributed by atoms with Gasteiger partial charge < -0.3 is 14.8 Å². The normalized spacial score (nSPS) is 11.5. The zero-order valence-electron chi connectivity index (χ0n) is 16.2. The van der Waals surface area contributed by atoms with E-state index in [1.165, 1.54) is 12.1 Å². The van der Waals surface area contributed by atoms with Crippen LogP contribution in [0, 0.1) is 5.82 Å². The maximum absolute atomic E-state index is 13.2. The molecule has 0 saturated heterocycles. The lowest BCUT2D eigenvalue weighted by molar-refractivity contribution is 0.269. The molecule has 6 heteroatoms. The van der Waals surface area contributed by atoms with Crippen LogP contribution < -0.4 is 14.8 Å². The van der Waals surface area contributed by atoms with Gasteiger partial charge >= 0.3 is 0 Å². The van der Waals surface area contributed by atoms with Gasteiger partial charge in [-0.05, 0) is 51.0 Å². The number of nitrogens with one attached hydrogen (secondary N) is 1. The van der Waals surface area contributed by atoms with Crippen molar-refractivity contribution in [3.05, 3.63) is 57.3 Å². The van der Waals surface area contributed by atoms with Crippen molar-refractivity contribution in [2.24, 2.45) is 0 Å². The van der Waals surface area contributed by atoms with Gasteiger partial charge in [0.2, 0.25) is 0 Å². The fourth-order valence-electron chi connectivity index (χ4n) is 2.35. The molecule has 2 aromatic rings. The number of hydrogen-bond acceptors (Lipinski definition) is 3. The molecule has 0 fully saturated rings. The van der Waals surface area contributed by atoms with Crippen LogP contribution in [0.2, 0.25) is 10.0 Å². The van der Waals surface area contributed by atoms with Crippen molar-refractivity contribution in [3.8, 4) is 11.5 Å². The van der Waals surface area contributed by atoms with Crippen LogP contribution in [-0.2, 0) is 13.2 Å². The summed E-state index contributed by atoms with van der Waals surface area (Å²) in [5.74, 6) is 0.764. The summed E-state index contributed by atoms with van der Waals surface area (Å²) in [6.07, 6.45) is 1.00. The molecular weight excluding hydrogens is 388 g/mol. The Bertz CT molecular complexity index is 781. The van der Waals surface area contributed by atoms with Crippen LogP contribution in [0.5, 0.6) is 11.5 Å². The summed E-state index contributed by atoms with van der Waals surface area (Å²) in [5, 5.41) is 4.41. The molecule has 1 N–H and O–H groups in total. The molecule has 2 aromatic carbocycles. The molecule has 2 rings (SSSR count). The molecule has 0 bridgehead atoms. The standard InChI is InChI=1S/C21H26Cl2FNO2/c1-5-21(3,4)25-12-15-9-19(26-6-2)20(11-18(15)23)27-13-14-7-8-16(24)10-17(14)22/h7-11,25H,5-6,12-13H2,1-4H3. The van der Waals surface area contributed by atoms with Crippen LogP contribution in [0.25, 0.3) is 0 Å². The van der Waals surface area contributed by atoms with Gasteiger partial charge in [0, 0.05) is 28.7 Å². The van der Waals surface area contributed by atoms with Crippen molar-refractivity contribution < 1.29 is 13.9 Å². The maximum Gasteiger partial charge on any atom is 0.163 e. The molecule has 0 aliphatic carbocycles. The van der Waals surface area contributed by atoms with Gasteiger partial charge in [-0.2, -0.15) is 0 Å². The summed E-state index contributed by atoms with van der Waals surface area (Å²) in [6.45, 7) is 9.66. The van der Waals surface area contributed by atoms with Crippen LogP contribution in [-0.4, -0.2) is 12.1 Å². The van der Waals surface area contributed by atoms with Crippen molar-refractivity contribution in [1.29, 1.82) is 0 Å². The van der Waals surface area contributed by atoms with Gasteiger partial charge in [-0.25, -0.2) is 4.39 Å². The minimum atomic E-state index is -0.381. The van der Waals surface area contributed by atoms with Crippen LogP contribution in [0.3, 0.4) is 0 Å². The number of halogens is 3. The highest BCUT2D eigenvalue weighted by molar-refractivity contribution is 6.31. The van der Waals surface area contributed by atoms with E-state index in [1.54, 1.807) is 12.1 Å². The number of rotatable bonds is 9. The van der Waals surface area contributed by atoms with Gasteiger partial charge in [-0.15, -0.1) is 0 Å². The minimum absolute atomic E-state index is 0.0175. The molecule has 0 radical (unpaired) electrons. The third-order valence-electron chi connectivity index (χ3n) is 4.45. The smallest absolute Gasteiger partial charge is 0.163 e. The van der Waals surface area contributed by atoms with E-state index in [2.05, 4.69) is 26.1 Å². The largest absolute Gasteiger partial charge is 0.490 e. The zero-order chi connectivity index (χ0) is 20.0. The quantitative estimate of drug-likeness (QED) is 0.516. The lowest BCUT2D eigenvalue weighted by Crippen LogP contribution is -2.37. The van der Waals surface area contributed by atoms with Gasteiger partial charge in [0.15, 0.2) is 11.5 Å². The monoisotopic (exact) mass is 413 g/mol. The summed E-state index contributed by atoms with van der Waals surface area (Å²) in [5.41, 5.74) is 1.64. The number of benzene rings is 2. The van der Waals surface area contributed by atoms with E-state index in [9.17, 15) is 4.39 Å². The summed E-state index contributed by atoms with van der Waals surface area (Å²) in [7, 11) is 0. The molecule has 3 nitrogen and oxygen atoms in total. The molecule has 0 saturated carbocycles. The van der Waals surface area contributed by atoms with E-state index in [4.69, 9.17) is 32.7 Å². The van der Waals surface area contributed by atoms with Gasteiger partial charge in [0.05, 0.1) is 11.6 Å². The van der Waals surface area contributed by atoms with Crippen molar-refractivity contribution >= 4 is 23.2 Å². The Balaban J connectivity index is 2.19. The Morgan fingerprint density at radius 2 is 1.63 bits per heavy atom. The number of hydrogen-bond donors (Lipinski definition) is 1. The second-order valence-corrected chi connectivity index (χ2v) is 7.75. The Kier molecular flexibility index (Phi) is 7.78. The molecule has 0 spiro atoms. The van der Waals surface area contributed by atoms with Crippen molar-refractivity contribution in [2.45, 2.75) is 52.8 Å². The molecule has 0 aliphatic rings. The van der Waals surface area contributed by atoms with E-state index in [0.717, 1.165) is 12.0 Å². The Morgan fingerprint density at radius 1 is 0.963 bits per heavy atom. The molecule has 27 heavy (non-hydrogen) atoms. The van der Waals surface area contributed by atoms with Gasteiger partial charge in [-0.3, -0.25) is 0 Å². The predicted molar refractivity (Wildman–Crippen MR) is 110 cm³/mol. The fourth-order valence-corrected chi connectivity index (χ4v) is 2.79. The van der Waals surface area contributed by atoms with Crippen LogP contribution in [0.15, 0.2) is 30.3 Å². The molecule has 0 aromatic heterocycles. The first-order valence-corrected chi connectivity index (χ1v) is 9.78. The highest BCUT2D eigenvalue weighted by Crippen LogP contribution is 2.35. The third-order valence-corrected chi connectivity index (χ3v) is 5.16. The lowest BCUT2D eigenvalue weighted by Gasteiger charge is -2.25. The molecule has 0 unspecified atom stereocenters. The summed E-state index contributed by atoms with van der Waals surface area (Å²) in [6, 6.07) is 7.86. The highest BCUT2D eigenvalue weighted by atomic mass is 35.5. The minimum Gasteiger partial charge on any atom is -0.490 e. The topological polar surface area (TPSA) is 30.5 Å². The highest BCUT2D eigenvalue weighted by Gasteiger charge is 2.17. The SMILES string of the molecule is CCOc1cc(CNC(C)(C)CC)c(Cl)cc1OCc1ccc(F)cc1Cl. The molecule has 148 valence electrons. The van der Waals surface area contributed by atoms with E-state index in [0.29, 0.717) is 40.3 Å². The third kappa shape index (κ3) is 6.27. The first-order valence-electron chi connectivity index (χ1n) is 9.02. The molecule has 0 heterocycles. The van der Waals surface area contributed by atoms with Crippen LogP contribution >= 0.6 is 23.2 Å². The first kappa shape index (κ1) is 21.8. The average Bonchev–Trinajstić information content (AvgIpc) is 2.62. The van der Waals surface area contributed by atoms with E-state index in [1.807, 2.05) is 13.0 Å².